The lowest BCUT2D eigenvalue weighted by molar-refractivity contribution is -0.140. The molecule has 4 aromatic carbocycles. The highest BCUT2D eigenvalue weighted by Gasteiger charge is 2.35. The van der Waals surface area contributed by atoms with Crippen molar-refractivity contribution in [2.24, 2.45) is 0 Å². The monoisotopic (exact) mass is 651 g/mol. The molecule has 11 heteroatoms. The van der Waals surface area contributed by atoms with E-state index >= 15 is 0 Å². The van der Waals surface area contributed by atoms with E-state index in [0.717, 1.165) is 15.4 Å². The van der Waals surface area contributed by atoms with Gasteiger partial charge in [-0.05, 0) is 55.8 Å². The van der Waals surface area contributed by atoms with Crippen LogP contribution in [0, 0.1) is 12.7 Å². The van der Waals surface area contributed by atoms with E-state index in [9.17, 15) is 22.4 Å². The first-order chi connectivity index (χ1) is 21.5. The van der Waals surface area contributed by atoms with E-state index in [1.54, 1.807) is 25.1 Å². The van der Waals surface area contributed by atoms with Gasteiger partial charge in [0, 0.05) is 25.1 Å². The number of halogens is 2. The van der Waals surface area contributed by atoms with Gasteiger partial charge in [0.05, 0.1) is 22.7 Å². The van der Waals surface area contributed by atoms with Crippen molar-refractivity contribution in [1.82, 2.24) is 10.2 Å². The van der Waals surface area contributed by atoms with Gasteiger partial charge in [0.25, 0.3) is 10.0 Å². The molecule has 8 nitrogen and oxygen atoms in total. The van der Waals surface area contributed by atoms with Crippen molar-refractivity contribution in [3.63, 3.8) is 0 Å². The summed E-state index contributed by atoms with van der Waals surface area (Å²) >= 11 is 6.39. The normalized spacial score (nSPS) is 11.8. The van der Waals surface area contributed by atoms with Crippen LogP contribution < -0.4 is 14.4 Å². The number of rotatable bonds is 13. The maximum atomic E-state index is 15.0. The van der Waals surface area contributed by atoms with Crippen molar-refractivity contribution >= 4 is 39.1 Å². The number of methoxy groups -OCH3 is 1. The van der Waals surface area contributed by atoms with Crippen LogP contribution in [0.3, 0.4) is 0 Å². The van der Waals surface area contributed by atoms with Crippen LogP contribution in [0.5, 0.6) is 5.75 Å². The fraction of sp³-hybridized carbons (Fsp3) is 0.235. The first-order valence-corrected chi connectivity index (χ1v) is 16.1. The summed E-state index contributed by atoms with van der Waals surface area (Å²) in [6, 6.07) is 24.6. The number of benzene rings is 4. The van der Waals surface area contributed by atoms with E-state index in [2.05, 4.69) is 5.32 Å². The Morgan fingerprint density at radius 1 is 0.956 bits per heavy atom. The zero-order valence-corrected chi connectivity index (χ0v) is 26.8. The quantitative estimate of drug-likeness (QED) is 0.198. The van der Waals surface area contributed by atoms with Crippen LogP contribution in [-0.2, 0) is 32.6 Å². The van der Waals surface area contributed by atoms with E-state index < -0.39 is 40.2 Å². The highest BCUT2D eigenvalue weighted by atomic mass is 35.5. The lowest BCUT2D eigenvalue weighted by Gasteiger charge is -2.34. The van der Waals surface area contributed by atoms with Gasteiger partial charge in [-0.2, -0.15) is 0 Å². The topological polar surface area (TPSA) is 96.0 Å². The Hall–Kier alpha value is -4.41. The largest absolute Gasteiger partial charge is 0.495 e. The minimum atomic E-state index is -4.32. The molecule has 45 heavy (non-hydrogen) atoms. The molecule has 4 aromatic rings. The summed E-state index contributed by atoms with van der Waals surface area (Å²) in [5.74, 6) is -1.41. The second kappa shape index (κ2) is 15.0. The lowest BCUT2D eigenvalue weighted by Crippen LogP contribution is -2.53. The molecule has 0 aromatic heterocycles. The van der Waals surface area contributed by atoms with Crippen LogP contribution in [0.15, 0.2) is 102 Å². The number of ether oxygens (including phenoxy) is 1. The number of anilines is 1. The summed E-state index contributed by atoms with van der Waals surface area (Å²) in [6.45, 7) is 2.91. The standard InChI is InChI=1S/C34H35ClFN3O5S/c1-4-37-34(41)31(20-25-10-6-5-7-11-25)38(22-26-12-8-9-13-30(26)36)33(40)23-39(27-16-19-32(44-3)29(35)21-27)45(42,43)28-17-14-24(2)15-18-28/h5-19,21,31H,4,20,22-23H2,1-3H3,(H,37,41)/t31-/m0/s1. The van der Waals surface area contributed by atoms with Gasteiger partial charge in [0.15, 0.2) is 0 Å². The van der Waals surface area contributed by atoms with Crippen molar-refractivity contribution in [3.05, 3.63) is 125 Å². The number of nitrogens with one attached hydrogen (secondary N) is 1. The second-order valence-electron chi connectivity index (χ2n) is 10.4. The van der Waals surface area contributed by atoms with Crippen LogP contribution >= 0.6 is 11.6 Å². The Labute approximate surface area is 268 Å². The number of amides is 2. The molecule has 0 aliphatic carbocycles. The van der Waals surface area contributed by atoms with Crippen LogP contribution in [0.25, 0.3) is 0 Å². The highest BCUT2D eigenvalue weighted by molar-refractivity contribution is 7.92. The van der Waals surface area contributed by atoms with Gasteiger partial charge in [-0.25, -0.2) is 12.8 Å². The van der Waals surface area contributed by atoms with Crippen molar-refractivity contribution < 1.29 is 27.1 Å². The Morgan fingerprint density at radius 2 is 1.62 bits per heavy atom. The molecule has 2 amide bonds. The molecule has 1 atom stereocenters. The molecule has 0 fully saturated rings. The number of likely N-dealkylation sites (N-methyl/N-ethyl adjacent to an activating group) is 1. The zero-order chi connectivity index (χ0) is 32.6. The van der Waals surface area contributed by atoms with Crippen molar-refractivity contribution in [1.29, 1.82) is 0 Å². The minimum Gasteiger partial charge on any atom is -0.495 e. The molecular weight excluding hydrogens is 617 g/mol. The minimum absolute atomic E-state index is 0.0435. The number of carbonyl (C=O) groups is 2. The Balaban J connectivity index is 1.83. The average Bonchev–Trinajstić information content (AvgIpc) is 3.03. The van der Waals surface area contributed by atoms with Crippen LogP contribution in [-0.4, -0.2) is 51.4 Å². The summed E-state index contributed by atoms with van der Waals surface area (Å²) in [7, 11) is -2.89. The molecule has 0 bridgehead atoms. The first kappa shape index (κ1) is 33.5. The SMILES string of the molecule is CCNC(=O)[C@H](Cc1ccccc1)N(Cc1ccccc1F)C(=O)CN(c1ccc(OC)c(Cl)c1)S(=O)(=O)c1ccc(C)cc1. The molecule has 0 heterocycles. The number of hydrogen-bond donors (Lipinski definition) is 1. The summed E-state index contributed by atoms with van der Waals surface area (Å²) in [5.41, 5.74) is 1.91. The molecular formula is C34H35ClFN3O5S. The highest BCUT2D eigenvalue weighted by Crippen LogP contribution is 2.32. The second-order valence-corrected chi connectivity index (χ2v) is 12.6. The van der Waals surface area contributed by atoms with Gasteiger partial charge in [0.2, 0.25) is 11.8 Å². The predicted octanol–water partition coefficient (Wildman–Crippen LogP) is 5.77. The molecule has 1 N–H and O–H groups in total. The maximum absolute atomic E-state index is 15.0. The lowest BCUT2D eigenvalue weighted by atomic mass is 10.0. The predicted molar refractivity (Wildman–Crippen MR) is 173 cm³/mol. The van der Waals surface area contributed by atoms with Gasteiger partial charge in [-0.15, -0.1) is 0 Å². The summed E-state index contributed by atoms with van der Waals surface area (Å²) in [6.07, 6.45) is 0.117. The van der Waals surface area contributed by atoms with E-state index in [-0.39, 0.29) is 34.1 Å². The van der Waals surface area contributed by atoms with E-state index in [0.29, 0.717) is 12.3 Å². The first-order valence-electron chi connectivity index (χ1n) is 14.3. The molecule has 0 radical (unpaired) electrons. The number of carbonyl (C=O) groups excluding carboxylic acids is 2. The molecule has 0 aliphatic rings. The number of sulfonamides is 1. The van der Waals surface area contributed by atoms with Crippen LogP contribution in [0.4, 0.5) is 10.1 Å². The smallest absolute Gasteiger partial charge is 0.264 e. The number of aryl methyl sites for hydroxylation is 1. The van der Waals surface area contributed by atoms with E-state index in [1.165, 1.54) is 60.5 Å². The number of hydrogen-bond acceptors (Lipinski definition) is 5. The third kappa shape index (κ3) is 8.20. The molecule has 0 spiro atoms. The van der Waals surface area contributed by atoms with Crippen molar-refractivity contribution in [2.75, 3.05) is 24.5 Å². The Morgan fingerprint density at radius 3 is 2.24 bits per heavy atom. The Kier molecular flexibility index (Phi) is 11.2. The summed E-state index contributed by atoms with van der Waals surface area (Å²) in [4.78, 5) is 29.1. The van der Waals surface area contributed by atoms with E-state index in [1.807, 2.05) is 37.3 Å². The molecule has 0 saturated carbocycles. The molecule has 0 aliphatic heterocycles. The average molecular weight is 652 g/mol. The van der Waals surface area contributed by atoms with E-state index in [4.69, 9.17) is 16.3 Å². The fourth-order valence-electron chi connectivity index (χ4n) is 4.83. The summed E-state index contributed by atoms with van der Waals surface area (Å²) < 4.78 is 49.4. The Bertz CT molecular complexity index is 1740. The molecule has 0 saturated heterocycles. The third-order valence-corrected chi connectivity index (χ3v) is 9.32. The fourth-order valence-corrected chi connectivity index (χ4v) is 6.49. The van der Waals surface area contributed by atoms with Crippen LogP contribution in [0.1, 0.15) is 23.6 Å². The molecule has 236 valence electrons. The summed E-state index contributed by atoms with van der Waals surface area (Å²) in [5, 5.41) is 2.92. The van der Waals surface area contributed by atoms with Crippen molar-refractivity contribution in [2.45, 2.75) is 37.8 Å². The van der Waals surface area contributed by atoms with Gasteiger partial charge in [0.1, 0.15) is 24.2 Å². The van der Waals surface area contributed by atoms with Gasteiger partial charge < -0.3 is 15.0 Å². The van der Waals surface area contributed by atoms with Gasteiger partial charge >= 0.3 is 0 Å². The zero-order valence-electron chi connectivity index (χ0n) is 25.2. The third-order valence-electron chi connectivity index (χ3n) is 7.23. The molecule has 4 rings (SSSR count). The van der Waals surface area contributed by atoms with Gasteiger partial charge in [-0.3, -0.25) is 13.9 Å². The van der Waals surface area contributed by atoms with Gasteiger partial charge in [-0.1, -0.05) is 77.8 Å². The van der Waals surface area contributed by atoms with Crippen LogP contribution in [0.2, 0.25) is 5.02 Å². The molecule has 0 unspecified atom stereocenters. The maximum Gasteiger partial charge on any atom is 0.264 e. The van der Waals surface area contributed by atoms with Crippen molar-refractivity contribution in [3.8, 4) is 5.75 Å². The number of nitrogens with zero attached hydrogens (tertiary/aromatic N) is 2.